The highest BCUT2D eigenvalue weighted by atomic mass is 35.5. The molecule has 2 rings (SSSR count). The predicted octanol–water partition coefficient (Wildman–Crippen LogP) is 2.71. The summed E-state index contributed by atoms with van der Waals surface area (Å²) in [6, 6.07) is 7.96. The minimum absolute atomic E-state index is 0. The van der Waals surface area contributed by atoms with Gasteiger partial charge in [0.15, 0.2) is 0 Å². The SMILES string of the molecule is CCCNC(=O)ON1CCN(c2ccccc2OC)CC1.Cl.Cl. The maximum atomic E-state index is 11.5. The minimum atomic E-state index is -0.373. The number of anilines is 1. The lowest BCUT2D eigenvalue weighted by Gasteiger charge is -2.35. The third-order valence-electron chi connectivity index (χ3n) is 3.40. The molecule has 23 heavy (non-hydrogen) atoms. The van der Waals surface area contributed by atoms with Crippen molar-refractivity contribution in [3.05, 3.63) is 24.3 Å². The zero-order valence-electron chi connectivity index (χ0n) is 13.5. The Balaban J connectivity index is 0.00000242. The van der Waals surface area contributed by atoms with Crippen LogP contribution in [0.4, 0.5) is 10.5 Å². The van der Waals surface area contributed by atoms with Gasteiger partial charge in [-0.2, -0.15) is 0 Å². The molecule has 0 spiro atoms. The second-order valence-corrected chi connectivity index (χ2v) is 4.89. The van der Waals surface area contributed by atoms with Crippen molar-refractivity contribution in [2.24, 2.45) is 0 Å². The average molecular weight is 366 g/mol. The molecule has 132 valence electrons. The van der Waals surface area contributed by atoms with E-state index in [2.05, 4.69) is 10.2 Å². The van der Waals surface area contributed by atoms with Gasteiger partial charge in [-0.3, -0.25) is 0 Å². The van der Waals surface area contributed by atoms with E-state index in [9.17, 15) is 4.79 Å². The Morgan fingerprint density at radius 1 is 1.17 bits per heavy atom. The number of nitrogens with one attached hydrogen (secondary N) is 1. The first-order valence-corrected chi connectivity index (χ1v) is 7.33. The van der Waals surface area contributed by atoms with Gasteiger partial charge in [0.1, 0.15) is 5.75 Å². The van der Waals surface area contributed by atoms with E-state index in [4.69, 9.17) is 9.57 Å². The van der Waals surface area contributed by atoms with E-state index in [1.165, 1.54) is 0 Å². The molecule has 6 nitrogen and oxygen atoms in total. The highest BCUT2D eigenvalue weighted by Gasteiger charge is 2.21. The molecule has 1 N–H and O–H groups in total. The molecule has 0 unspecified atom stereocenters. The summed E-state index contributed by atoms with van der Waals surface area (Å²) in [6.07, 6.45) is 0.527. The maximum Gasteiger partial charge on any atom is 0.426 e. The quantitative estimate of drug-likeness (QED) is 0.869. The first kappa shape index (κ1) is 21.6. The van der Waals surface area contributed by atoms with Crippen LogP contribution in [-0.4, -0.2) is 51.0 Å². The molecule has 1 aromatic carbocycles. The lowest BCUT2D eigenvalue weighted by molar-refractivity contribution is -0.102. The molecule has 1 heterocycles. The number of hydrogen-bond donors (Lipinski definition) is 1. The number of carbonyl (C=O) groups excluding carboxylic acids is 1. The third kappa shape index (κ3) is 6.33. The number of methoxy groups -OCH3 is 1. The van der Waals surface area contributed by atoms with Crippen molar-refractivity contribution in [1.29, 1.82) is 0 Å². The van der Waals surface area contributed by atoms with Crippen molar-refractivity contribution in [3.63, 3.8) is 0 Å². The van der Waals surface area contributed by atoms with Gasteiger partial charge in [-0.1, -0.05) is 19.1 Å². The average Bonchev–Trinajstić information content (AvgIpc) is 2.53. The predicted molar refractivity (Wildman–Crippen MR) is 96.1 cm³/mol. The molecule has 0 aromatic heterocycles. The first-order valence-electron chi connectivity index (χ1n) is 7.33. The summed E-state index contributed by atoms with van der Waals surface area (Å²) in [6.45, 7) is 5.59. The molecule has 1 fully saturated rings. The van der Waals surface area contributed by atoms with E-state index in [0.29, 0.717) is 19.6 Å². The molecule has 0 bridgehead atoms. The van der Waals surface area contributed by atoms with E-state index in [1.807, 2.05) is 31.2 Å². The first-order chi connectivity index (χ1) is 10.2. The number of rotatable bonds is 5. The van der Waals surface area contributed by atoms with Crippen molar-refractivity contribution in [2.75, 3.05) is 44.7 Å². The van der Waals surface area contributed by atoms with Crippen molar-refractivity contribution in [3.8, 4) is 5.75 Å². The topological polar surface area (TPSA) is 54.0 Å². The number of hydrogen-bond acceptors (Lipinski definition) is 5. The van der Waals surface area contributed by atoms with Crippen molar-refractivity contribution in [1.82, 2.24) is 10.4 Å². The van der Waals surface area contributed by atoms with Gasteiger partial charge in [0.25, 0.3) is 0 Å². The number of benzene rings is 1. The van der Waals surface area contributed by atoms with Crippen LogP contribution in [-0.2, 0) is 4.84 Å². The summed E-state index contributed by atoms with van der Waals surface area (Å²) >= 11 is 0. The van der Waals surface area contributed by atoms with Crippen molar-refractivity contribution in [2.45, 2.75) is 13.3 Å². The number of piperazine rings is 1. The molecule has 1 saturated heterocycles. The van der Waals surface area contributed by atoms with Crippen LogP contribution in [0.25, 0.3) is 0 Å². The lowest BCUT2D eigenvalue weighted by atomic mass is 10.2. The van der Waals surface area contributed by atoms with Gasteiger partial charge in [0, 0.05) is 19.6 Å². The number of carbonyl (C=O) groups is 1. The molecule has 8 heteroatoms. The fourth-order valence-corrected chi connectivity index (χ4v) is 2.29. The number of halogens is 2. The maximum absolute atomic E-state index is 11.5. The Kier molecular flexibility index (Phi) is 10.5. The monoisotopic (exact) mass is 365 g/mol. The second kappa shape index (κ2) is 11.2. The molecule has 0 atom stereocenters. The Morgan fingerprint density at radius 2 is 1.83 bits per heavy atom. The van der Waals surface area contributed by atoms with E-state index in [0.717, 1.165) is 30.9 Å². The van der Waals surface area contributed by atoms with Crippen molar-refractivity contribution < 1.29 is 14.4 Å². The van der Waals surface area contributed by atoms with Gasteiger partial charge < -0.3 is 19.8 Å². The normalized spacial score (nSPS) is 14.3. The minimum Gasteiger partial charge on any atom is -0.495 e. The number of para-hydroxylation sites is 2. The highest BCUT2D eigenvalue weighted by Crippen LogP contribution is 2.28. The van der Waals surface area contributed by atoms with Crippen LogP contribution in [0.5, 0.6) is 5.75 Å². The molecular formula is C15H25Cl2N3O3. The fourth-order valence-electron chi connectivity index (χ4n) is 2.29. The molecule has 1 amide bonds. The van der Waals surface area contributed by atoms with Gasteiger partial charge >= 0.3 is 6.09 Å². The Labute approximate surface area is 149 Å². The molecule has 0 aliphatic carbocycles. The van der Waals surface area contributed by atoms with Crippen LogP contribution >= 0.6 is 24.8 Å². The summed E-state index contributed by atoms with van der Waals surface area (Å²) in [7, 11) is 1.68. The molecule has 0 radical (unpaired) electrons. The molecule has 0 saturated carbocycles. The Bertz CT molecular complexity index is 469. The number of amides is 1. The molecule has 1 aromatic rings. The molecule has 1 aliphatic rings. The largest absolute Gasteiger partial charge is 0.495 e. The smallest absolute Gasteiger partial charge is 0.426 e. The van der Waals surface area contributed by atoms with Crippen LogP contribution in [0, 0.1) is 0 Å². The second-order valence-electron chi connectivity index (χ2n) is 4.89. The van der Waals surface area contributed by atoms with Crippen LogP contribution < -0.4 is 15.0 Å². The van der Waals surface area contributed by atoms with Crippen LogP contribution in [0.2, 0.25) is 0 Å². The van der Waals surface area contributed by atoms with Crippen molar-refractivity contribution >= 4 is 36.6 Å². The van der Waals surface area contributed by atoms with Crippen LogP contribution in [0.15, 0.2) is 24.3 Å². The lowest BCUT2D eigenvalue weighted by Crippen LogP contribution is -2.48. The van der Waals surface area contributed by atoms with Crippen LogP contribution in [0.1, 0.15) is 13.3 Å². The Hall–Kier alpha value is -1.37. The number of hydroxylamine groups is 2. The zero-order valence-corrected chi connectivity index (χ0v) is 15.1. The molecule has 1 aliphatic heterocycles. The van der Waals surface area contributed by atoms with Gasteiger partial charge in [0.2, 0.25) is 0 Å². The van der Waals surface area contributed by atoms with E-state index in [1.54, 1.807) is 12.2 Å². The summed E-state index contributed by atoms with van der Waals surface area (Å²) in [5, 5.41) is 4.41. The zero-order chi connectivity index (χ0) is 15.1. The van der Waals surface area contributed by atoms with Gasteiger partial charge in [-0.05, 0) is 18.6 Å². The van der Waals surface area contributed by atoms with E-state index in [-0.39, 0.29) is 30.9 Å². The highest BCUT2D eigenvalue weighted by molar-refractivity contribution is 5.85. The summed E-state index contributed by atoms with van der Waals surface area (Å²) < 4.78 is 5.38. The number of ether oxygens (including phenoxy) is 1. The Morgan fingerprint density at radius 3 is 2.43 bits per heavy atom. The fraction of sp³-hybridized carbons (Fsp3) is 0.533. The van der Waals surface area contributed by atoms with E-state index < -0.39 is 0 Å². The van der Waals surface area contributed by atoms with Crippen LogP contribution in [0.3, 0.4) is 0 Å². The van der Waals surface area contributed by atoms with Gasteiger partial charge in [-0.25, -0.2) is 4.79 Å². The third-order valence-corrected chi connectivity index (χ3v) is 3.40. The van der Waals surface area contributed by atoms with E-state index >= 15 is 0 Å². The summed E-state index contributed by atoms with van der Waals surface area (Å²) in [5.41, 5.74) is 1.08. The van der Waals surface area contributed by atoms with Gasteiger partial charge in [0.05, 0.1) is 25.9 Å². The summed E-state index contributed by atoms with van der Waals surface area (Å²) in [4.78, 5) is 19.0. The number of nitrogens with zero attached hydrogens (tertiary/aromatic N) is 2. The molecular weight excluding hydrogens is 341 g/mol. The van der Waals surface area contributed by atoms with Gasteiger partial charge in [-0.15, -0.1) is 29.9 Å². The summed E-state index contributed by atoms with van der Waals surface area (Å²) in [5.74, 6) is 0.868. The standard InChI is InChI=1S/C15H23N3O3.2ClH/c1-3-8-16-15(19)21-18-11-9-17(10-12-18)13-6-4-5-7-14(13)20-2;;/h4-7H,3,8-12H2,1-2H3,(H,16,19);2*1H.